The largest absolute Gasteiger partial charge is 0.324 e. The standard InChI is InChI=1S/C9H6ClIN4/c10-9-13-5-6(11)8(15-9)14-7-3-1-2-4-12-7/h1-5H,(H,12,13,14,15). The molecule has 15 heavy (non-hydrogen) atoms. The number of nitrogens with zero attached hydrogens (tertiary/aromatic N) is 3. The highest BCUT2D eigenvalue weighted by molar-refractivity contribution is 14.1. The maximum atomic E-state index is 5.70. The van der Waals surface area contributed by atoms with Gasteiger partial charge in [-0.25, -0.2) is 9.97 Å². The lowest BCUT2D eigenvalue weighted by molar-refractivity contribution is 1.14. The summed E-state index contributed by atoms with van der Waals surface area (Å²) in [6.45, 7) is 0. The first-order chi connectivity index (χ1) is 7.25. The van der Waals surface area contributed by atoms with Crippen LogP contribution < -0.4 is 5.32 Å². The molecule has 0 unspecified atom stereocenters. The topological polar surface area (TPSA) is 50.7 Å². The molecule has 2 rings (SSSR count). The Morgan fingerprint density at radius 3 is 2.87 bits per heavy atom. The predicted octanol–water partition coefficient (Wildman–Crippen LogP) is 2.87. The summed E-state index contributed by atoms with van der Waals surface area (Å²) < 4.78 is 0.891. The van der Waals surface area contributed by atoms with E-state index in [4.69, 9.17) is 11.6 Å². The summed E-state index contributed by atoms with van der Waals surface area (Å²) in [5.74, 6) is 1.39. The molecule has 0 bridgehead atoms. The summed E-state index contributed by atoms with van der Waals surface area (Å²) in [4.78, 5) is 12.1. The van der Waals surface area contributed by atoms with Gasteiger partial charge in [0.15, 0.2) is 0 Å². The van der Waals surface area contributed by atoms with Gasteiger partial charge in [-0.2, -0.15) is 4.98 Å². The molecule has 0 amide bonds. The minimum atomic E-state index is 0.217. The number of hydrogen-bond donors (Lipinski definition) is 1. The molecule has 0 aliphatic carbocycles. The SMILES string of the molecule is Clc1ncc(I)c(Nc2ccccn2)n1. The molecule has 0 fully saturated rings. The van der Waals surface area contributed by atoms with E-state index in [9.17, 15) is 0 Å². The number of rotatable bonds is 2. The van der Waals surface area contributed by atoms with E-state index in [-0.39, 0.29) is 5.28 Å². The molecule has 2 aromatic heterocycles. The fraction of sp³-hybridized carbons (Fsp3) is 0. The Balaban J connectivity index is 2.28. The number of aromatic nitrogens is 3. The lowest BCUT2D eigenvalue weighted by Gasteiger charge is -2.05. The second-order valence-corrected chi connectivity index (χ2v) is 4.18. The van der Waals surface area contributed by atoms with Gasteiger partial charge in [-0.3, -0.25) is 0 Å². The Hall–Kier alpha value is -0.950. The fourth-order valence-electron chi connectivity index (χ4n) is 0.991. The number of halogens is 2. The smallest absolute Gasteiger partial charge is 0.224 e. The van der Waals surface area contributed by atoms with E-state index in [1.165, 1.54) is 0 Å². The summed E-state index contributed by atoms with van der Waals surface area (Å²) in [6, 6.07) is 5.60. The molecule has 76 valence electrons. The van der Waals surface area contributed by atoms with Crippen LogP contribution >= 0.6 is 34.2 Å². The average molecular weight is 333 g/mol. The molecule has 2 aromatic rings. The van der Waals surface area contributed by atoms with Gasteiger partial charge in [-0.1, -0.05) is 6.07 Å². The van der Waals surface area contributed by atoms with Crippen LogP contribution in [-0.4, -0.2) is 15.0 Å². The second kappa shape index (κ2) is 4.71. The van der Waals surface area contributed by atoms with Crippen LogP contribution in [0.4, 0.5) is 11.6 Å². The van der Waals surface area contributed by atoms with Crippen molar-refractivity contribution in [2.24, 2.45) is 0 Å². The van der Waals surface area contributed by atoms with Crippen LogP contribution in [0.5, 0.6) is 0 Å². The van der Waals surface area contributed by atoms with Crippen LogP contribution in [0.2, 0.25) is 5.28 Å². The van der Waals surface area contributed by atoms with Crippen LogP contribution in [0.3, 0.4) is 0 Å². The number of hydrogen-bond acceptors (Lipinski definition) is 4. The molecule has 0 aromatic carbocycles. The minimum absolute atomic E-state index is 0.217. The summed E-state index contributed by atoms with van der Waals surface area (Å²) in [7, 11) is 0. The van der Waals surface area contributed by atoms with E-state index in [1.807, 2.05) is 18.2 Å². The maximum Gasteiger partial charge on any atom is 0.224 e. The lowest BCUT2D eigenvalue weighted by Crippen LogP contribution is -1.99. The summed E-state index contributed by atoms with van der Waals surface area (Å²) in [5, 5.41) is 3.28. The molecule has 0 spiro atoms. The van der Waals surface area contributed by atoms with Crippen LogP contribution in [0.1, 0.15) is 0 Å². The van der Waals surface area contributed by atoms with Crippen molar-refractivity contribution in [2.75, 3.05) is 5.32 Å². The van der Waals surface area contributed by atoms with Gasteiger partial charge in [0.25, 0.3) is 0 Å². The normalized spacial score (nSPS) is 10.0. The third-order valence-corrected chi connectivity index (χ3v) is 2.60. The fourth-order valence-corrected chi connectivity index (χ4v) is 1.52. The van der Waals surface area contributed by atoms with Crippen molar-refractivity contribution < 1.29 is 0 Å². The van der Waals surface area contributed by atoms with Crippen LogP contribution in [-0.2, 0) is 0 Å². The molecule has 0 atom stereocenters. The molecule has 4 nitrogen and oxygen atoms in total. The molecular formula is C9H6ClIN4. The van der Waals surface area contributed by atoms with Crippen LogP contribution in [0.15, 0.2) is 30.6 Å². The maximum absolute atomic E-state index is 5.70. The van der Waals surface area contributed by atoms with E-state index in [1.54, 1.807) is 12.4 Å². The summed E-state index contributed by atoms with van der Waals surface area (Å²) >= 11 is 7.83. The molecule has 0 radical (unpaired) electrons. The summed E-state index contributed by atoms with van der Waals surface area (Å²) in [6.07, 6.45) is 3.36. The van der Waals surface area contributed by atoms with E-state index in [2.05, 4.69) is 42.9 Å². The highest BCUT2D eigenvalue weighted by Crippen LogP contribution is 2.19. The first-order valence-electron chi connectivity index (χ1n) is 4.12. The van der Waals surface area contributed by atoms with Crippen molar-refractivity contribution in [3.63, 3.8) is 0 Å². The molecule has 1 N–H and O–H groups in total. The molecule has 6 heteroatoms. The third-order valence-electron chi connectivity index (χ3n) is 1.63. The van der Waals surface area contributed by atoms with Crippen molar-refractivity contribution >= 4 is 45.8 Å². The van der Waals surface area contributed by atoms with Gasteiger partial charge in [0.2, 0.25) is 5.28 Å². The van der Waals surface area contributed by atoms with Crippen molar-refractivity contribution in [3.05, 3.63) is 39.4 Å². The monoisotopic (exact) mass is 332 g/mol. The summed E-state index contributed by atoms with van der Waals surface area (Å²) in [5.41, 5.74) is 0. The Morgan fingerprint density at radius 2 is 2.13 bits per heavy atom. The van der Waals surface area contributed by atoms with Crippen LogP contribution in [0.25, 0.3) is 0 Å². The molecule has 0 aliphatic heterocycles. The first kappa shape index (κ1) is 10.6. The number of nitrogens with one attached hydrogen (secondary N) is 1. The Bertz CT molecular complexity index is 463. The van der Waals surface area contributed by atoms with E-state index in [0.29, 0.717) is 5.82 Å². The van der Waals surface area contributed by atoms with Crippen molar-refractivity contribution in [1.82, 2.24) is 15.0 Å². The minimum Gasteiger partial charge on any atom is -0.324 e. The predicted molar refractivity (Wildman–Crippen MR) is 67.3 cm³/mol. The molecule has 0 saturated heterocycles. The Morgan fingerprint density at radius 1 is 1.27 bits per heavy atom. The molecule has 0 saturated carbocycles. The third kappa shape index (κ3) is 2.75. The van der Waals surface area contributed by atoms with Gasteiger partial charge in [0.1, 0.15) is 11.6 Å². The van der Waals surface area contributed by atoms with Gasteiger partial charge in [-0.15, -0.1) is 0 Å². The molecular weight excluding hydrogens is 326 g/mol. The van der Waals surface area contributed by atoms with Crippen molar-refractivity contribution in [1.29, 1.82) is 0 Å². The second-order valence-electron chi connectivity index (χ2n) is 2.68. The van der Waals surface area contributed by atoms with Gasteiger partial charge in [0.05, 0.1) is 3.57 Å². The molecule has 2 heterocycles. The average Bonchev–Trinajstić information content (AvgIpc) is 2.25. The zero-order valence-electron chi connectivity index (χ0n) is 7.48. The zero-order chi connectivity index (χ0) is 10.7. The Kier molecular flexibility index (Phi) is 3.32. The molecule has 0 aliphatic rings. The lowest BCUT2D eigenvalue weighted by atomic mass is 10.4. The number of anilines is 2. The van der Waals surface area contributed by atoms with Crippen molar-refractivity contribution in [3.8, 4) is 0 Å². The number of pyridine rings is 1. The van der Waals surface area contributed by atoms with E-state index >= 15 is 0 Å². The Labute approximate surface area is 105 Å². The zero-order valence-corrected chi connectivity index (χ0v) is 10.4. The van der Waals surface area contributed by atoms with Gasteiger partial charge >= 0.3 is 0 Å². The van der Waals surface area contributed by atoms with Crippen molar-refractivity contribution in [2.45, 2.75) is 0 Å². The quantitative estimate of drug-likeness (QED) is 0.679. The highest BCUT2D eigenvalue weighted by atomic mass is 127. The highest BCUT2D eigenvalue weighted by Gasteiger charge is 2.03. The van der Waals surface area contributed by atoms with Crippen LogP contribution in [0, 0.1) is 3.57 Å². The van der Waals surface area contributed by atoms with E-state index in [0.717, 1.165) is 9.39 Å². The van der Waals surface area contributed by atoms with E-state index < -0.39 is 0 Å². The first-order valence-corrected chi connectivity index (χ1v) is 5.57. The van der Waals surface area contributed by atoms with Gasteiger partial charge < -0.3 is 5.32 Å². The van der Waals surface area contributed by atoms with Gasteiger partial charge in [0, 0.05) is 12.4 Å². The van der Waals surface area contributed by atoms with Gasteiger partial charge in [-0.05, 0) is 46.3 Å².